The number of benzene rings is 1. The molecule has 0 saturated heterocycles. The predicted octanol–water partition coefficient (Wildman–Crippen LogP) is 2.87. The van der Waals surface area contributed by atoms with Crippen LogP contribution >= 0.6 is 11.3 Å². The average molecular weight is 264 g/mol. The lowest BCUT2D eigenvalue weighted by Crippen LogP contribution is -2.29. The number of hydrogen-bond acceptors (Lipinski definition) is 2. The van der Waals surface area contributed by atoms with Gasteiger partial charge >= 0.3 is 0 Å². The quantitative estimate of drug-likeness (QED) is 0.394. The van der Waals surface area contributed by atoms with Crippen molar-refractivity contribution >= 4 is 26.4 Å². The van der Waals surface area contributed by atoms with Gasteiger partial charge in [-0.05, 0) is 6.07 Å². The smallest absolute Gasteiger partial charge is 0.263 e. The molecule has 0 atom stereocenters. The molecule has 0 unspecified atom stereocenters. The van der Waals surface area contributed by atoms with Crippen LogP contribution in [0.3, 0.4) is 0 Å². The molecule has 4 heteroatoms. The zero-order valence-electron chi connectivity index (χ0n) is 10.1. The molecule has 19 heavy (non-hydrogen) atoms. The average Bonchev–Trinajstić information content (AvgIpc) is 3.04. The second-order valence-corrected chi connectivity index (χ2v) is 5.92. The minimum absolute atomic E-state index is 0.979. The molecular formula is C15H10N3S+. The molecule has 0 radical (unpaired) electrons. The zero-order valence-corrected chi connectivity index (χ0v) is 10.9. The summed E-state index contributed by atoms with van der Waals surface area (Å²) in [5.74, 6) is 1.29. The van der Waals surface area contributed by atoms with E-state index in [1.54, 1.807) is 11.3 Å². The molecule has 0 amide bonds. The van der Waals surface area contributed by atoms with E-state index < -0.39 is 0 Å². The summed E-state index contributed by atoms with van der Waals surface area (Å²) in [5.41, 5.74) is 4.00. The number of imidazole rings is 1. The Morgan fingerprint density at radius 1 is 1.21 bits per heavy atom. The first kappa shape index (κ1) is 9.69. The van der Waals surface area contributed by atoms with Gasteiger partial charge in [-0.15, -0.1) is 0 Å². The molecule has 3 aromatic heterocycles. The highest BCUT2D eigenvalue weighted by Gasteiger charge is 2.31. The minimum atomic E-state index is 0.979. The lowest BCUT2D eigenvalue weighted by atomic mass is 10.1. The summed E-state index contributed by atoms with van der Waals surface area (Å²) in [6, 6.07) is 10.8. The Hall–Kier alpha value is -2.20. The second kappa shape index (κ2) is 3.22. The SMILES string of the molecule is c1ccc2c(c1)C[n+]1cc3sc4cnccc4n3c1-2. The van der Waals surface area contributed by atoms with Gasteiger partial charge in [-0.2, -0.15) is 4.40 Å². The number of hydrogen-bond donors (Lipinski definition) is 0. The highest BCUT2D eigenvalue weighted by atomic mass is 32.1. The van der Waals surface area contributed by atoms with Gasteiger partial charge in [0, 0.05) is 24.0 Å². The van der Waals surface area contributed by atoms with Crippen LogP contribution in [0, 0.1) is 0 Å². The lowest BCUT2D eigenvalue weighted by Gasteiger charge is -1.93. The molecule has 0 spiro atoms. The Labute approximate surface area is 113 Å². The van der Waals surface area contributed by atoms with Crippen molar-refractivity contribution in [1.29, 1.82) is 0 Å². The van der Waals surface area contributed by atoms with Crippen LogP contribution in [-0.2, 0) is 6.54 Å². The molecule has 0 aliphatic carbocycles. The van der Waals surface area contributed by atoms with Crippen LogP contribution in [0.25, 0.3) is 26.4 Å². The normalized spacial score (nSPS) is 13.1. The molecule has 3 nitrogen and oxygen atoms in total. The van der Waals surface area contributed by atoms with Crippen LogP contribution in [0.2, 0.25) is 0 Å². The highest BCUT2D eigenvalue weighted by molar-refractivity contribution is 7.23. The van der Waals surface area contributed by atoms with Crippen molar-refractivity contribution in [3.63, 3.8) is 0 Å². The molecule has 4 heterocycles. The number of rotatable bonds is 0. The van der Waals surface area contributed by atoms with Crippen LogP contribution in [0.5, 0.6) is 0 Å². The molecule has 1 aromatic carbocycles. The topological polar surface area (TPSA) is 21.2 Å². The standard InChI is InChI=1S/C15H10N3S/c1-2-4-11-10(3-1)8-17-9-14-18(15(11)17)12-5-6-16-7-13(12)19-14/h1-7,9H,8H2/q+1. The van der Waals surface area contributed by atoms with Crippen molar-refractivity contribution in [3.8, 4) is 11.4 Å². The molecule has 1 aliphatic rings. The van der Waals surface area contributed by atoms with Crippen molar-refractivity contribution < 1.29 is 4.57 Å². The first-order valence-corrected chi connectivity index (χ1v) is 7.09. The summed E-state index contributed by atoms with van der Waals surface area (Å²) in [6.07, 6.45) is 6.07. The van der Waals surface area contributed by atoms with Gasteiger partial charge in [0.15, 0.2) is 5.52 Å². The number of aromatic nitrogens is 3. The van der Waals surface area contributed by atoms with Gasteiger partial charge in [0.25, 0.3) is 5.82 Å². The number of pyridine rings is 1. The van der Waals surface area contributed by atoms with E-state index in [-0.39, 0.29) is 0 Å². The largest absolute Gasteiger partial charge is 0.296 e. The van der Waals surface area contributed by atoms with E-state index in [2.05, 4.69) is 50.5 Å². The molecule has 0 bridgehead atoms. The summed E-state index contributed by atoms with van der Waals surface area (Å²) < 4.78 is 5.94. The van der Waals surface area contributed by atoms with Crippen molar-refractivity contribution in [3.05, 3.63) is 54.5 Å². The molecule has 90 valence electrons. The number of fused-ring (bicyclic) bond motifs is 7. The molecule has 0 saturated carbocycles. The summed E-state index contributed by atoms with van der Waals surface area (Å²) in [5, 5.41) is 0. The van der Waals surface area contributed by atoms with Gasteiger partial charge in [-0.25, -0.2) is 4.57 Å². The maximum Gasteiger partial charge on any atom is 0.296 e. The molecule has 4 aromatic rings. The van der Waals surface area contributed by atoms with Crippen molar-refractivity contribution in [2.45, 2.75) is 6.54 Å². The summed E-state index contributed by atoms with van der Waals surface area (Å²) >= 11 is 1.80. The highest BCUT2D eigenvalue weighted by Crippen LogP contribution is 2.34. The Morgan fingerprint density at radius 3 is 3.16 bits per heavy atom. The fourth-order valence-electron chi connectivity index (χ4n) is 2.99. The summed E-state index contributed by atoms with van der Waals surface area (Å²) in [7, 11) is 0. The van der Waals surface area contributed by atoms with E-state index in [0.29, 0.717) is 0 Å². The van der Waals surface area contributed by atoms with Crippen LogP contribution in [0.1, 0.15) is 5.56 Å². The molecule has 1 aliphatic heterocycles. The van der Waals surface area contributed by atoms with Gasteiger partial charge in [0.1, 0.15) is 12.7 Å². The minimum Gasteiger partial charge on any atom is -0.263 e. The van der Waals surface area contributed by atoms with Crippen LogP contribution < -0.4 is 4.57 Å². The third kappa shape index (κ3) is 1.12. The predicted molar refractivity (Wildman–Crippen MR) is 75.3 cm³/mol. The van der Waals surface area contributed by atoms with Gasteiger partial charge < -0.3 is 0 Å². The van der Waals surface area contributed by atoms with E-state index in [4.69, 9.17) is 0 Å². The van der Waals surface area contributed by atoms with E-state index in [1.807, 2.05) is 12.4 Å². The first-order chi connectivity index (χ1) is 9.42. The Kier molecular flexibility index (Phi) is 1.64. The Bertz CT molecular complexity index is 949. The third-order valence-corrected chi connectivity index (χ3v) is 4.82. The fraction of sp³-hybridized carbons (Fsp3) is 0.0667. The maximum absolute atomic E-state index is 4.22. The lowest BCUT2D eigenvalue weighted by molar-refractivity contribution is -0.670. The number of nitrogens with zero attached hydrogens (tertiary/aromatic N) is 3. The fourth-order valence-corrected chi connectivity index (χ4v) is 4.05. The molecule has 0 fully saturated rings. The maximum atomic E-state index is 4.22. The van der Waals surface area contributed by atoms with Crippen molar-refractivity contribution in [2.75, 3.05) is 0 Å². The van der Waals surface area contributed by atoms with E-state index >= 15 is 0 Å². The summed E-state index contributed by atoms with van der Waals surface area (Å²) in [4.78, 5) is 5.50. The van der Waals surface area contributed by atoms with E-state index in [1.165, 1.54) is 32.0 Å². The Balaban J connectivity index is 2.00. The van der Waals surface area contributed by atoms with Gasteiger partial charge in [0.05, 0.1) is 10.3 Å². The van der Waals surface area contributed by atoms with Crippen molar-refractivity contribution in [1.82, 2.24) is 9.38 Å². The third-order valence-electron chi connectivity index (χ3n) is 3.79. The van der Waals surface area contributed by atoms with Crippen molar-refractivity contribution in [2.24, 2.45) is 0 Å². The van der Waals surface area contributed by atoms with Gasteiger partial charge in [-0.3, -0.25) is 4.98 Å². The summed E-state index contributed by atoms with van der Waals surface area (Å²) in [6.45, 7) is 0.979. The molecule has 0 N–H and O–H groups in total. The zero-order chi connectivity index (χ0) is 12.4. The van der Waals surface area contributed by atoms with Crippen LogP contribution in [0.15, 0.2) is 48.9 Å². The number of thiazole rings is 1. The van der Waals surface area contributed by atoms with Gasteiger partial charge in [-0.1, -0.05) is 29.5 Å². The second-order valence-electron chi connectivity index (χ2n) is 4.86. The first-order valence-electron chi connectivity index (χ1n) is 6.27. The Morgan fingerprint density at radius 2 is 2.16 bits per heavy atom. The van der Waals surface area contributed by atoms with E-state index in [0.717, 1.165) is 6.54 Å². The van der Waals surface area contributed by atoms with Crippen LogP contribution in [0.4, 0.5) is 0 Å². The monoisotopic (exact) mass is 264 g/mol. The van der Waals surface area contributed by atoms with Crippen LogP contribution in [-0.4, -0.2) is 9.38 Å². The van der Waals surface area contributed by atoms with E-state index in [9.17, 15) is 0 Å². The molecule has 5 rings (SSSR count). The van der Waals surface area contributed by atoms with Gasteiger partial charge in [0.2, 0.25) is 4.83 Å². The molecular weight excluding hydrogens is 254 g/mol.